The first-order valence-corrected chi connectivity index (χ1v) is 3.63. The number of rotatable bonds is 1. The summed E-state index contributed by atoms with van der Waals surface area (Å²) in [6, 6.07) is 0.317. The van der Waals surface area contributed by atoms with Crippen LogP contribution < -0.4 is 10.6 Å². The monoisotopic (exact) mass is 150 g/mol. The molecule has 1 fully saturated rings. The fourth-order valence-corrected chi connectivity index (χ4v) is 1.15. The van der Waals surface area contributed by atoms with Crippen molar-refractivity contribution in [3.8, 4) is 0 Å². The van der Waals surface area contributed by atoms with Gasteiger partial charge in [-0.2, -0.15) is 0 Å². The van der Waals surface area contributed by atoms with Crippen molar-refractivity contribution in [3.05, 3.63) is 18.6 Å². The third-order valence-electron chi connectivity index (χ3n) is 1.78. The smallest absolute Gasteiger partial charge is 0.147 e. The average Bonchev–Trinajstić information content (AvgIpc) is 2.01. The highest BCUT2D eigenvalue weighted by Crippen LogP contribution is 2.14. The maximum Gasteiger partial charge on any atom is 0.147 e. The van der Waals surface area contributed by atoms with Gasteiger partial charge in [-0.1, -0.05) is 0 Å². The standard InChI is InChI=1S/C7H10N4/c8-6-4-11(5-6)7-3-9-1-2-10-7/h1-3,6H,4-5,8H2. The fourth-order valence-electron chi connectivity index (χ4n) is 1.15. The van der Waals surface area contributed by atoms with Gasteiger partial charge in [-0.25, -0.2) is 4.98 Å². The Kier molecular flexibility index (Phi) is 1.47. The van der Waals surface area contributed by atoms with Crippen molar-refractivity contribution in [1.29, 1.82) is 0 Å². The first-order valence-electron chi connectivity index (χ1n) is 3.63. The van der Waals surface area contributed by atoms with Crippen LogP contribution in [0.1, 0.15) is 0 Å². The normalized spacial score (nSPS) is 18.1. The first kappa shape index (κ1) is 6.54. The highest BCUT2D eigenvalue weighted by atomic mass is 15.3. The maximum atomic E-state index is 5.62. The molecule has 58 valence electrons. The van der Waals surface area contributed by atoms with Crippen molar-refractivity contribution in [2.24, 2.45) is 5.73 Å². The van der Waals surface area contributed by atoms with E-state index in [-0.39, 0.29) is 0 Å². The second-order valence-electron chi connectivity index (χ2n) is 2.73. The van der Waals surface area contributed by atoms with Gasteiger partial charge in [0.2, 0.25) is 0 Å². The van der Waals surface area contributed by atoms with E-state index < -0.39 is 0 Å². The van der Waals surface area contributed by atoms with Gasteiger partial charge in [-0.15, -0.1) is 0 Å². The second kappa shape index (κ2) is 2.47. The third-order valence-corrected chi connectivity index (χ3v) is 1.78. The summed E-state index contributed by atoms with van der Waals surface area (Å²) < 4.78 is 0. The maximum absolute atomic E-state index is 5.62. The van der Waals surface area contributed by atoms with Crippen LogP contribution in [-0.2, 0) is 0 Å². The summed E-state index contributed by atoms with van der Waals surface area (Å²) in [5.41, 5.74) is 5.62. The number of aromatic nitrogens is 2. The van der Waals surface area contributed by atoms with E-state index in [9.17, 15) is 0 Å². The minimum atomic E-state index is 0.317. The van der Waals surface area contributed by atoms with Crippen molar-refractivity contribution >= 4 is 5.82 Å². The molecule has 0 atom stereocenters. The van der Waals surface area contributed by atoms with Crippen LogP contribution in [0.25, 0.3) is 0 Å². The molecule has 4 heteroatoms. The Hall–Kier alpha value is -1.16. The highest BCUT2D eigenvalue weighted by Gasteiger charge is 2.23. The van der Waals surface area contributed by atoms with E-state index in [1.807, 2.05) is 0 Å². The topological polar surface area (TPSA) is 55.0 Å². The van der Waals surface area contributed by atoms with Gasteiger partial charge in [0.15, 0.2) is 0 Å². The lowest BCUT2D eigenvalue weighted by molar-refractivity contribution is 0.514. The Labute approximate surface area is 65.1 Å². The lowest BCUT2D eigenvalue weighted by Gasteiger charge is -2.37. The van der Waals surface area contributed by atoms with Gasteiger partial charge in [-0.3, -0.25) is 4.98 Å². The summed E-state index contributed by atoms with van der Waals surface area (Å²) in [4.78, 5) is 10.2. The molecule has 0 unspecified atom stereocenters. The molecule has 11 heavy (non-hydrogen) atoms. The van der Waals surface area contributed by atoms with Crippen LogP contribution in [-0.4, -0.2) is 29.1 Å². The molecular formula is C7H10N4. The van der Waals surface area contributed by atoms with Crippen LogP contribution in [0.4, 0.5) is 5.82 Å². The van der Waals surface area contributed by atoms with Crippen molar-refractivity contribution in [2.75, 3.05) is 18.0 Å². The molecule has 1 aliphatic rings. The average molecular weight is 150 g/mol. The zero-order valence-electron chi connectivity index (χ0n) is 6.14. The molecule has 0 aliphatic carbocycles. The molecule has 1 aliphatic heterocycles. The predicted octanol–water partition coefficient (Wildman–Crippen LogP) is -0.376. The molecule has 1 aromatic rings. The molecule has 0 amide bonds. The van der Waals surface area contributed by atoms with Crippen molar-refractivity contribution in [3.63, 3.8) is 0 Å². The summed E-state index contributed by atoms with van der Waals surface area (Å²) in [5.74, 6) is 0.925. The van der Waals surface area contributed by atoms with Gasteiger partial charge in [0, 0.05) is 31.5 Å². The van der Waals surface area contributed by atoms with Crippen LogP contribution in [0.2, 0.25) is 0 Å². The van der Waals surface area contributed by atoms with Gasteiger partial charge in [0.25, 0.3) is 0 Å². The molecule has 0 bridgehead atoms. The van der Waals surface area contributed by atoms with Crippen molar-refractivity contribution < 1.29 is 0 Å². The molecule has 0 saturated carbocycles. The number of nitrogens with two attached hydrogens (primary N) is 1. The fraction of sp³-hybridized carbons (Fsp3) is 0.429. The SMILES string of the molecule is NC1CN(c2cnccn2)C1. The molecule has 4 nitrogen and oxygen atoms in total. The van der Waals surface area contributed by atoms with Crippen LogP contribution >= 0.6 is 0 Å². The lowest BCUT2D eigenvalue weighted by atomic mass is 10.1. The van der Waals surface area contributed by atoms with E-state index in [4.69, 9.17) is 5.73 Å². The van der Waals surface area contributed by atoms with Crippen LogP contribution in [0.5, 0.6) is 0 Å². The summed E-state index contributed by atoms with van der Waals surface area (Å²) in [7, 11) is 0. The van der Waals surface area contributed by atoms with Gasteiger partial charge >= 0.3 is 0 Å². The molecule has 1 aromatic heterocycles. The van der Waals surface area contributed by atoms with Crippen LogP contribution in [0.15, 0.2) is 18.6 Å². The van der Waals surface area contributed by atoms with E-state index in [2.05, 4.69) is 14.9 Å². The third kappa shape index (κ3) is 1.17. The predicted molar refractivity (Wildman–Crippen MR) is 42.2 cm³/mol. The number of anilines is 1. The van der Waals surface area contributed by atoms with Crippen molar-refractivity contribution in [2.45, 2.75) is 6.04 Å². The molecule has 0 spiro atoms. The van der Waals surface area contributed by atoms with Crippen LogP contribution in [0.3, 0.4) is 0 Å². The Balaban J connectivity index is 2.08. The van der Waals surface area contributed by atoms with Gasteiger partial charge < -0.3 is 10.6 Å². The van der Waals surface area contributed by atoms with E-state index >= 15 is 0 Å². The largest absolute Gasteiger partial charge is 0.352 e. The Morgan fingerprint density at radius 3 is 2.82 bits per heavy atom. The lowest BCUT2D eigenvalue weighted by Crippen LogP contribution is -2.56. The number of nitrogens with zero attached hydrogens (tertiary/aromatic N) is 3. The number of hydrogen-bond acceptors (Lipinski definition) is 4. The summed E-state index contributed by atoms with van der Waals surface area (Å²) in [5, 5.41) is 0. The highest BCUT2D eigenvalue weighted by molar-refractivity contribution is 5.39. The molecule has 2 heterocycles. The Morgan fingerprint density at radius 1 is 1.45 bits per heavy atom. The summed E-state index contributed by atoms with van der Waals surface area (Å²) in [6.07, 6.45) is 5.12. The second-order valence-corrected chi connectivity index (χ2v) is 2.73. The van der Waals surface area contributed by atoms with E-state index in [0.717, 1.165) is 18.9 Å². The van der Waals surface area contributed by atoms with E-state index in [1.54, 1.807) is 18.6 Å². The van der Waals surface area contributed by atoms with E-state index in [1.165, 1.54) is 0 Å². The zero-order valence-corrected chi connectivity index (χ0v) is 6.14. The number of hydrogen-bond donors (Lipinski definition) is 1. The molecule has 2 N–H and O–H groups in total. The Bertz CT molecular complexity index is 229. The van der Waals surface area contributed by atoms with Gasteiger partial charge in [-0.05, 0) is 0 Å². The summed E-state index contributed by atoms with van der Waals surface area (Å²) in [6.45, 7) is 1.80. The van der Waals surface area contributed by atoms with Crippen LogP contribution in [0, 0.1) is 0 Å². The molecule has 0 aromatic carbocycles. The Morgan fingerprint density at radius 2 is 2.27 bits per heavy atom. The summed E-state index contributed by atoms with van der Waals surface area (Å²) >= 11 is 0. The van der Waals surface area contributed by atoms with Gasteiger partial charge in [0.05, 0.1) is 6.20 Å². The molecule has 1 saturated heterocycles. The van der Waals surface area contributed by atoms with Crippen molar-refractivity contribution in [1.82, 2.24) is 9.97 Å². The molecular weight excluding hydrogens is 140 g/mol. The minimum absolute atomic E-state index is 0.317. The quantitative estimate of drug-likeness (QED) is 0.593. The van der Waals surface area contributed by atoms with Gasteiger partial charge in [0.1, 0.15) is 5.82 Å². The zero-order chi connectivity index (χ0) is 7.68. The van der Waals surface area contributed by atoms with E-state index in [0.29, 0.717) is 6.04 Å². The molecule has 2 rings (SSSR count). The first-order chi connectivity index (χ1) is 5.36. The molecule has 0 radical (unpaired) electrons. The minimum Gasteiger partial charge on any atom is -0.352 e.